The van der Waals surface area contributed by atoms with E-state index in [-0.39, 0.29) is 0 Å². The van der Waals surface area contributed by atoms with Crippen molar-refractivity contribution in [1.29, 1.82) is 0 Å². The fraction of sp³-hybridized carbons (Fsp3) is 0.786. The van der Waals surface area contributed by atoms with Crippen LogP contribution in [0, 0.1) is 0 Å². The summed E-state index contributed by atoms with van der Waals surface area (Å²) in [5.41, 5.74) is 1.28. The minimum atomic E-state index is 0.509. The van der Waals surface area contributed by atoms with Gasteiger partial charge in [-0.1, -0.05) is 13.8 Å². The van der Waals surface area contributed by atoms with Gasteiger partial charge in [0.2, 0.25) is 0 Å². The molecular weight excluding hydrogens is 274 g/mol. The van der Waals surface area contributed by atoms with Gasteiger partial charge in [-0.25, -0.2) is 4.98 Å². The van der Waals surface area contributed by atoms with Crippen molar-refractivity contribution in [3.05, 3.63) is 10.6 Å². The minimum absolute atomic E-state index is 0.509. The molecule has 0 bridgehead atoms. The van der Waals surface area contributed by atoms with E-state index in [1.54, 1.807) is 0 Å². The van der Waals surface area contributed by atoms with Crippen LogP contribution >= 0.6 is 23.1 Å². The molecule has 2 rings (SSSR count). The Hall–Kier alpha value is -0.260. The number of rotatable bonds is 8. The molecule has 19 heavy (non-hydrogen) atoms. The predicted molar refractivity (Wildman–Crippen MR) is 87.7 cm³/mol. The highest BCUT2D eigenvalue weighted by molar-refractivity contribution is 7.98. The van der Waals surface area contributed by atoms with Crippen LogP contribution in [-0.2, 0) is 6.54 Å². The van der Waals surface area contributed by atoms with Crippen LogP contribution in [0.15, 0.2) is 0 Å². The summed E-state index contributed by atoms with van der Waals surface area (Å²) < 4.78 is 0. The maximum absolute atomic E-state index is 4.86. The monoisotopic (exact) mass is 299 g/mol. The molecule has 0 amide bonds. The molecule has 1 N–H and O–H groups in total. The summed E-state index contributed by atoms with van der Waals surface area (Å²) in [5.74, 6) is 1.66. The number of thioether (sulfide) groups is 1. The van der Waals surface area contributed by atoms with Crippen LogP contribution < -0.4 is 10.2 Å². The first-order chi connectivity index (χ1) is 9.11. The minimum Gasteiger partial charge on any atom is -0.350 e. The van der Waals surface area contributed by atoms with Gasteiger partial charge in [-0.3, -0.25) is 0 Å². The zero-order valence-corrected chi connectivity index (χ0v) is 14.0. The average molecular weight is 300 g/mol. The molecule has 1 aliphatic carbocycles. The first-order valence-electron chi connectivity index (χ1n) is 7.05. The van der Waals surface area contributed by atoms with Gasteiger partial charge in [-0.15, -0.1) is 11.3 Å². The molecule has 1 fully saturated rings. The first-order valence-corrected chi connectivity index (χ1v) is 9.26. The van der Waals surface area contributed by atoms with Crippen molar-refractivity contribution >= 4 is 28.2 Å². The normalized spacial score (nSPS) is 15.2. The fourth-order valence-electron chi connectivity index (χ4n) is 1.94. The first kappa shape index (κ1) is 15.1. The van der Waals surface area contributed by atoms with Crippen molar-refractivity contribution < 1.29 is 0 Å². The average Bonchev–Trinajstić information content (AvgIpc) is 3.11. The van der Waals surface area contributed by atoms with Crippen LogP contribution in [0.25, 0.3) is 0 Å². The summed E-state index contributed by atoms with van der Waals surface area (Å²) >= 11 is 3.75. The SMILES string of the molecule is CSCCN(C)c1nc(C(C)C)c(CNC2CC2)s1. The van der Waals surface area contributed by atoms with Crippen molar-refractivity contribution in [2.24, 2.45) is 0 Å². The van der Waals surface area contributed by atoms with Crippen molar-refractivity contribution in [3.63, 3.8) is 0 Å². The molecule has 0 aromatic carbocycles. The molecule has 1 aliphatic rings. The topological polar surface area (TPSA) is 28.2 Å². The molecule has 5 heteroatoms. The Kier molecular flexibility index (Phi) is 5.54. The molecule has 1 heterocycles. The van der Waals surface area contributed by atoms with Crippen molar-refractivity contribution in [2.45, 2.75) is 45.2 Å². The predicted octanol–water partition coefficient (Wildman–Crippen LogP) is 3.32. The Morgan fingerprint density at radius 3 is 2.79 bits per heavy atom. The number of nitrogens with zero attached hydrogens (tertiary/aromatic N) is 2. The van der Waals surface area contributed by atoms with E-state index in [0.717, 1.165) is 24.9 Å². The molecule has 3 nitrogen and oxygen atoms in total. The number of thiazole rings is 1. The molecule has 0 unspecified atom stereocenters. The highest BCUT2D eigenvalue weighted by Crippen LogP contribution is 2.31. The largest absolute Gasteiger partial charge is 0.350 e. The van der Waals surface area contributed by atoms with Crippen LogP contribution in [0.2, 0.25) is 0 Å². The van der Waals surface area contributed by atoms with E-state index in [0.29, 0.717) is 5.92 Å². The molecular formula is C14H25N3S2. The Morgan fingerprint density at radius 1 is 1.47 bits per heavy atom. The van der Waals surface area contributed by atoms with Gasteiger partial charge < -0.3 is 10.2 Å². The van der Waals surface area contributed by atoms with Crippen molar-refractivity contribution in [3.8, 4) is 0 Å². The standard InChI is InChI=1S/C14H25N3S2/c1-10(2)13-12(9-15-11-5-6-11)19-14(16-13)17(3)7-8-18-4/h10-11,15H,5-9H2,1-4H3. The third-order valence-corrected chi connectivity index (χ3v) is 5.13. The number of nitrogens with one attached hydrogen (secondary N) is 1. The second kappa shape index (κ2) is 6.95. The summed E-state index contributed by atoms with van der Waals surface area (Å²) in [6, 6.07) is 0.764. The van der Waals surface area contributed by atoms with Gasteiger partial charge in [0.15, 0.2) is 5.13 Å². The molecule has 0 spiro atoms. The second-order valence-electron chi connectivity index (χ2n) is 5.53. The van der Waals surface area contributed by atoms with Crippen molar-refractivity contribution in [1.82, 2.24) is 10.3 Å². The molecule has 108 valence electrons. The van der Waals surface area contributed by atoms with Gasteiger partial charge >= 0.3 is 0 Å². The van der Waals surface area contributed by atoms with E-state index in [4.69, 9.17) is 4.98 Å². The van der Waals surface area contributed by atoms with E-state index in [9.17, 15) is 0 Å². The number of anilines is 1. The van der Waals surface area contributed by atoms with Gasteiger partial charge in [-0.2, -0.15) is 11.8 Å². The Balaban J connectivity index is 2.04. The highest BCUT2D eigenvalue weighted by Gasteiger charge is 2.22. The van der Waals surface area contributed by atoms with Gasteiger partial charge in [0.05, 0.1) is 5.69 Å². The number of hydrogen-bond donors (Lipinski definition) is 1. The number of hydrogen-bond acceptors (Lipinski definition) is 5. The zero-order valence-electron chi connectivity index (χ0n) is 12.4. The number of aromatic nitrogens is 1. The third-order valence-electron chi connectivity index (χ3n) is 3.35. The molecule has 0 atom stereocenters. The van der Waals surface area contributed by atoms with Crippen LogP contribution in [0.5, 0.6) is 0 Å². The van der Waals surface area contributed by atoms with Gasteiger partial charge in [0, 0.05) is 36.8 Å². The van der Waals surface area contributed by atoms with Crippen LogP contribution in [0.1, 0.15) is 43.2 Å². The Morgan fingerprint density at radius 2 is 2.21 bits per heavy atom. The van der Waals surface area contributed by atoms with E-state index < -0.39 is 0 Å². The van der Waals surface area contributed by atoms with E-state index >= 15 is 0 Å². The van der Waals surface area contributed by atoms with Crippen molar-refractivity contribution in [2.75, 3.05) is 30.5 Å². The summed E-state index contributed by atoms with van der Waals surface area (Å²) in [4.78, 5) is 8.57. The second-order valence-corrected chi connectivity index (χ2v) is 7.58. The van der Waals surface area contributed by atoms with Gasteiger partial charge in [0.25, 0.3) is 0 Å². The quantitative estimate of drug-likeness (QED) is 0.797. The van der Waals surface area contributed by atoms with Crippen LogP contribution in [-0.4, -0.2) is 36.6 Å². The lowest BCUT2D eigenvalue weighted by atomic mass is 10.1. The molecule has 1 saturated carbocycles. The lowest BCUT2D eigenvalue weighted by molar-refractivity contribution is 0.680. The van der Waals surface area contributed by atoms with E-state index in [1.807, 2.05) is 23.1 Å². The van der Waals surface area contributed by atoms with Crippen LogP contribution in [0.3, 0.4) is 0 Å². The summed E-state index contributed by atoms with van der Waals surface area (Å²) in [7, 11) is 2.15. The Labute approximate surface area is 125 Å². The maximum atomic E-state index is 4.86. The lowest BCUT2D eigenvalue weighted by Gasteiger charge is -2.14. The molecule has 1 aromatic rings. The van der Waals surface area contributed by atoms with Gasteiger partial charge in [0.1, 0.15) is 0 Å². The molecule has 0 radical (unpaired) electrons. The fourth-order valence-corrected chi connectivity index (χ4v) is 3.55. The molecule has 1 aromatic heterocycles. The summed E-state index contributed by atoms with van der Waals surface area (Å²) in [5, 5.41) is 4.78. The third kappa shape index (κ3) is 4.36. The smallest absolute Gasteiger partial charge is 0.185 e. The van der Waals surface area contributed by atoms with E-state index in [1.165, 1.54) is 28.5 Å². The summed E-state index contributed by atoms with van der Waals surface area (Å²) in [6.45, 7) is 6.54. The highest BCUT2D eigenvalue weighted by atomic mass is 32.2. The molecule has 0 saturated heterocycles. The molecule has 0 aliphatic heterocycles. The summed E-state index contributed by atoms with van der Waals surface area (Å²) in [6.07, 6.45) is 4.84. The Bertz CT molecular complexity index is 399. The maximum Gasteiger partial charge on any atom is 0.185 e. The van der Waals surface area contributed by atoms with E-state index in [2.05, 4.69) is 37.4 Å². The zero-order chi connectivity index (χ0) is 13.8. The van der Waals surface area contributed by atoms with Crippen LogP contribution in [0.4, 0.5) is 5.13 Å². The van der Waals surface area contributed by atoms with Gasteiger partial charge in [-0.05, 0) is 25.0 Å². The lowest BCUT2D eigenvalue weighted by Crippen LogP contribution is -2.19.